The highest BCUT2D eigenvalue weighted by molar-refractivity contribution is 7.91. The SMILES string of the molecule is Cc1nc([C@@H]2CCCN2CCCS(=O)(=O)c2ccccc2)no1. The summed E-state index contributed by atoms with van der Waals surface area (Å²) in [6.45, 7) is 3.45. The molecule has 1 aliphatic rings. The molecule has 2 aromatic rings. The summed E-state index contributed by atoms with van der Waals surface area (Å²) < 4.78 is 29.7. The van der Waals surface area contributed by atoms with E-state index in [4.69, 9.17) is 4.52 Å². The Bertz CT molecular complexity index is 743. The van der Waals surface area contributed by atoms with Crippen LogP contribution in [0, 0.1) is 6.92 Å². The van der Waals surface area contributed by atoms with Crippen LogP contribution in [0.3, 0.4) is 0 Å². The summed E-state index contributed by atoms with van der Waals surface area (Å²) in [7, 11) is -3.21. The van der Waals surface area contributed by atoms with E-state index >= 15 is 0 Å². The molecular weight excluding hydrogens is 314 g/mol. The first-order valence-electron chi connectivity index (χ1n) is 7.88. The average molecular weight is 335 g/mol. The van der Waals surface area contributed by atoms with Crippen molar-refractivity contribution in [2.45, 2.75) is 37.1 Å². The van der Waals surface area contributed by atoms with Gasteiger partial charge in [-0.1, -0.05) is 23.4 Å². The van der Waals surface area contributed by atoms with Crippen molar-refractivity contribution in [3.8, 4) is 0 Å². The van der Waals surface area contributed by atoms with Crippen molar-refractivity contribution in [1.82, 2.24) is 15.0 Å². The maximum Gasteiger partial charge on any atom is 0.223 e. The number of aromatic nitrogens is 2. The second-order valence-corrected chi connectivity index (χ2v) is 7.96. The largest absolute Gasteiger partial charge is 0.340 e. The fourth-order valence-electron chi connectivity index (χ4n) is 3.04. The van der Waals surface area contributed by atoms with E-state index in [-0.39, 0.29) is 11.8 Å². The second kappa shape index (κ2) is 6.80. The van der Waals surface area contributed by atoms with E-state index in [0.29, 0.717) is 23.0 Å². The molecule has 1 aromatic carbocycles. The molecule has 0 unspecified atom stereocenters. The molecule has 0 amide bonds. The predicted octanol–water partition coefficient (Wildman–Crippen LogP) is 2.38. The van der Waals surface area contributed by atoms with Gasteiger partial charge in [0.15, 0.2) is 15.7 Å². The number of hydrogen-bond acceptors (Lipinski definition) is 6. The number of aryl methyl sites for hydroxylation is 1. The van der Waals surface area contributed by atoms with E-state index in [1.165, 1.54) is 0 Å². The lowest BCUT2D eigenvalue weighted by atomic mass is 10.2. The third-order valence-corrected chi connectivity index (χ3v) is 5.98. The van der Waals surface area contributed by atoms with Crippen molar-refractivity contribution in [3.05, 3.63) is 42.0 Å². The van der Waals surface area contributed by atoms with Crippen molar-refractivity contribution in [2.75, 3.05) is 18.8 Å². The molecule has 0 saturated carbocycles. The van der Waals surface area contributed by atoms with E-state index in [2.05, 4.69) is 15.0 Å². The molecule has 1 fully saturated rings. The van der Waals surface area contributed by atoms with Gasteiger partial charge in [0, 0.05) is 6.92 Å². The van der Waals surface area contributed by atoms with Crippen molar-refractivity contribution in [1.29, 1.82) is 0 Å². The molecule has 0 aliphatic carbocycles. The molecule has 23 heavy (non-hydrogen) atoms. The quantitative estimate of drug-likeness (QED) is 0.807. The summed E-state index contributed by atoms with van der Waals surface area (Å²) in [5, 5.41) is 4.01. The van der Waals surface area contributed by atoms with Crippen LogP contribution in [0.25, 0.3) is 0 Å². The smallest absolute Gasteiger partial charge is 0.223 e. The van der Waals surface area contributed by atoms with E-state index < -0.39 is 9.84 Å². The van der Waals surface area contributed by atoms with E-state index in [9.17, 15) is 8.42 Å². The van der Waals surface area contributed by atoms with Gasteiger partial charge in [-0.05, 0) is 44.5 Å². The normalized spacial score (nSPS) is 19.3. The molecule has 1 aromatic heterocycles. The summed E-state index contributed by atoms with van der Waals surface area (Å²) in [5.41, 5.74) is 0. The molecule has 124 valence electrons. The molecular formula is C16H21N3O3S. The summed E-state index contributed by atoms with van der Waals surface area (Å²) in [6.07, 6.45) is 2.67. The number of rotatable bonds is 6. The summed E-state index contributed by atoms with van der Waals surface area (Å²) in [5.74, 6) is 1.44. The number of likely N-dealkylation sites (tertiary alicyclic amines) is 1. The van der Waals surface area contributed by atoms with Gasteiger partial charge in [0.2, 0.25) is 5.89 Å². The first kappa shape index (κ1) is 16.1. The Balaban J connectivity index is 1.58. The van der Waals surface area contributed by atoms with Crippen LogP contribution in [0.5, 0.6) is 0 Å². The van der Waals surface area contributed by atoms with Gasteiger partial charge in [-0.2, -0.15) is 4.98 Å². The fourth-order valence-corrected chi connectivity index (χ4v) is 4.36. The minimum absolute atomic E-state index is 0.145. The highest BCUT2D eigenvalue weighted by Gasteiger charge is 2.29. The molecule has 0 N–H and O–H groups in total. The van der Waals surface area contributed by atoms with E-state index in [0.717, 1.165) is 25.9 Å². The van der Waals surface area contributed by atoms with Crippen LogP contribution in [0.4, 0.5) is 0 Å². The number of hydrogen-bond donors (Lipinski definition) is 0. The van der Waals surface area contributed by atoms with Gasteiger partial charge in [-0.25, -0.2) is 8.42 Å². The van der Waals surface area contributed by atoms with Crippen LogP contribution in [-0.2, 0) is 9.84 Å². The maximum atomic E-state index is 12.3. The second-order valence-electron chi connectivity index (χ2n) is 5.85. The van der Waals surface area contributed by atoms with E-state index in [1.54, 1.807) is 31.2 Å². The van der Waals surface area contributed by atoms with Crippen molar-refractivity contribution >= 4 is 9.84 Å². The Morgan fingerprint density at radius 3 is 2.78 bits per heavy atom. The fraction of sp³-hybridized carbons (Fsp3) is 0.500. The highest BCUT2D eigenvalue weighted by atomic mass is 32.2. The lowest BCUT2D eigenvalue weighted by molar-refractivity contribution is 0.243. The van der Waals surface area contributed by atoms with Crippen LogP contribution in [0.2, 0.25) is 0 Å². The molecule has 0 radical (unpaired) electrons. The monoisotopic (exact) mass is 335 g/mol. The zero-order valence-corrected chi connectivity index (χ0v) is 14.0. The first-order chi connectivity index (χ1) is 11.1. The van der Waals surface area contributed by atoms with Gasteiger partial charge in [0.1, 0.15) is 0 Å². The van der Waals surface area contributed by atoms with Crippen molar-refractivity contribution in [2.24, 2.45) is 0 Å². The molecule has 1 aliphatic heterocycles. The molecule has 0 bridgehead atoms. The third kappa shape index (κ3) is 3.79. The predicted molar refractivity (Wildman–Crippen MR) is 85.7 cm³/mol. The summed E-state index contributed by atoms with van der Waals surface area (Å²) in [4.78, 5) is 6.96. The van der Waals surface area contributed by atoms with Crippen molar-refractivity contribution < 1.29 is 12.9 Å². The minimum atomic E-state index is -3.21. The molecule has 3 rings (SSSR count). The zero-order chi connectivity index (χ0) is 16.3. The van der Waals surface area contributed by atoms with Gasteiger partial charge >= 0.3 is 0 Å². The summed E-state index contributed by atoms with van der Waals surface area (Å²) >= 11 is 0. The topological polar surface area (TPSA) is 76.3 Å². The van der Waals surface area contributed by atoms with Gasteiger partial charge in [-0.3, -0.25) is 4.90 Å². The molecule has 2 heterocycles. The van der Waals surface area contributed by atoms with Gasteiger partial charge in [0.05, 0.1) is 16.7 Å². The standard InChI is InChI=1S/C16H21N3O3S/c1-13-17-16(18-22-13)15-9-5-10-19(15)11-6-12-23(20,21)14-7-3-2-4-8-14/h2-4,7-8,15H,5-6,9-12H2,1H3/t15-/m0/s1. The molecule has 0 spiro atoms. The van der Waals surface area contributed by atoms with Crippen molar-refractivity contribution in [3.63, 3.8) is 0 Å². The van der Waals surface area contributed by atoms with Gasteiger partial charge < -0.3 is 4.52 Å². The van der Waals surface area contributed by atoms with Crippen LogP contribution in [0.15, 0.2) is 39.8 Å². The lowest BCUT2D eigenvalue weighted by Gasteiger charge is -2.21. The zero-order valence-electron chi connectivity index (χ0n) is 13.2. The van der Waals surface area contributed by atoms with E-state index in [1.807, 2.05) is 6.07 Å². The number of sulfone groups is 1. The molecule has 6 nitrogen and oxygen atoms in total. The molecule has 7 heteroatoms. The summed E-state index contributed by atoms with van der Waals surface area (Å²) in [6, 6.07) is 8.77. The maximum absolute atomic E-state index is 12.3. The number of benzene rings is 1. The Labute approximate surface area is 136 Å². The lowest BCUT2D eigenvalue weighted by Crippen LogP contribution is -2.26. The highest BCUT2D eigenvalue weighted by Crippen LogP contribution is 2.30. The Kier molecular flexibility index (Phi) is 4.77. The van der Waals surface area contributed by atoms with Crippen LogP contribution in [-0.4, -0.2) is 42.3 Å². The number of nitrogens with zero attached hydrogens (tertiary/aromatic N) is 3. The van der Waals surface area contributed by atoms with Gasteiger partial charge in [0.25, 0.3) is 0 Å². The third-order valence-electron chi connectivity index (χ3n) is 4.17. The molecule has 1 atom stereocenters. The van der Waals surface area contributed by atoms with Gasteiger partial charge in [-0.15, -0.1) is 0 Å². The Morgan fingerprint density at radius 1 is 1.30 bits per heavy atom. The first-order valence-corrected chi connectivity index (χ1v) is 9.53. The van der Waals surface area contributed by atoms with Crippen LogP contribution >= 0.6 is 0 Å². The Morgan fingerprint density at radius 2 is 2.09 bits per heavy atom. The van der Waals surface area contributed by atoms with Crippen LogP contribution in [0.1, 0.15) is 37.0 Å². The van der Waals surface area contributed by atoms with Crippen LogP contribution < -0.4 is 0 Å². The molecule has 1 saturated heterocycles. The minimum Gasteiger partial charge on any atom is -0.340 e. The Hall–Kier alpha value is -1.73. The average Bonchev–Trinajstić information content (AvgIpc) is 3.17.